The second-order valence-corrected chi connectivity index (χ2v) is 8.10. The van der Waals surface area contributed by atoms with Gasteiger partial charge in [-0.15, -0.1) is 0 Å². The van der Waals surface area contributed by atoms with E-state index in [1.807, 2.05) is 13.8 Å². The molecule has 0 bridgehead atoms. The third-order valence-electron chi connectivity index (χ3n) is 5.55. The molecule has 1 aromatic heterocycles. The molecular formula is C23H34N4O3. The first kappa shape index (κ1) is 22.2. The molecule has 0 radical (unpaired) electrons. The van der Waals surface area contributed by atoms with Gasteiger partial charge in [-0.25, -0.2) is 0 Å². The summed E-state index contributed by atoms with van der Waals surface area (Å²) in [7, 11) is 1.78. The number of ether oxygens (including phenoxy) is 2. The van der Waals surface area contributed by atoms with Gasteiger partial charge in [-0.3, -0.25) is 4.99 Å². The van der Waals surface area contributed by atoms with Gasteiger partial charge < -0.3 is 24.6 Å². The normalized spacial score (nSPS) is 17.8. The zero-order valence-corrected chi connectivity index (χ0v) is 18.7. The summed E-state index contributed by atoms with van der Waals surface area (Å²) in [4.78, 5) is 4.36. The Bertz CT molecular complexity index is 837. The van der Waals surface area contributed by atoms with Gasteiger partial charge in [0.2, 0.25) is 0 Å². The van der Waals surface area contributed by atoms with E-state index in [2.05, 4.69) is 52.8 Å². The topological polar surface area (TPSA) is 80.9 Å². The minimum Gasteiger partial charge on any atom is -0.493 e. The number of aryl methyl sites for hydroxylation is 3. The van der Waals surface area contributed by atoms with Gasteiger partial charge in [0.15, 0.2) is 5.96 Å². The largest absolute Gasteiger partial charge is 0.493 e. The first-order chi connectivity index (χ1) is 14.5. The summed E-state index contributed by atoms with van der Waals surface area (Å²) in [5.41, 5.74) is 4.40. The molecule has 1 saturated heterocycles. The van der Waals surface area contributed by atoms with Crippen LogP contribution in [-0.4, -0.2) is 44.5 Å². The lowest BCUT2D eigenvalue weighted by Crippen LogP contribution is -2.38. The summed E-state index contributed by atoms with van der Waals surface area (Å²) in [5.74, 6) is 3.30. The molecule has 0 aliphatic carbocycles. The van der Waals surface area contributed by atoms with Crippen molar-refractivity contribution in [1.82, 2.24) is 15.8 Å². The quantitative estimate of drug-likeness (QED) is 0.508. The third-order valence-corrected chi connectivity index (χ3v) is 5.55. The van der Waals surface area contributed by atoms with E-state index in [1.54, 1.807) is 7.05 Å². The van der Waals surface area contributed by atoms with Crippen LogP contribution in [0.2, 0.25) is 0 Å². The molecule has 7 heteroatoms. The van der Waals surface area contributed by atoms with E-state index in [-0.39, 0.29) is 5.92 Å². The number of nitrogens with one attached hydrogen (secondary N) is 2. The molecule has 1 aliphatic heterocycles. The van der Waals surface area contributed by atoms with Gasteiger partial charge >= 0.3 is 0 Å². The van der Waals surface area contributed by atoms with Gasteiger partial charge in [-0.05, 0) is 38.8 Å². The number of hydrogen-bond donors (Lipinski definition) is 2. The predicted molar refractivity (Wildman–Crippen MR) is 118 cm³/mol. The van der Waals surface area contributed by atoms with Crippen molar-refractivity contribution in [3.8, 4) is 5.75 Å². The number of nitrogens with zero attached hydrogens (tertiary/aromatic N) is 2. The molecule has 1 aliphatic rings. The molecule has 1 aromatic carbocycles. The lowest BCUT2D eigenvalue weighted by atomic mass is 10.00. The van der Waals surface area contributed by atoms with E-state index in [0.717, 1.165) is 60.5 Å². The van der Waals surface area contributed by atoms with E-state index >= 15 is 0 Å². The molecule has 2 unspecified atom stereocenters. The van der Waals surface area contributed by atoms with Gasteiger partial charge in [0.25, 0.3) is 0 Å². The monoisotopic (exact) mass is 414 g/mol. The smallest absolute Gasteiger partial charge is 0.191 e. The van der Waals surface area contributed by atoms with Crippen molar-refractivity contribution in [2.75, 3.05) is 33.4 Å². The molecule has 0 spiro atoms. The molecule has 30 heavy (non-hydrogen) atoms. The van der Waals surface area contributed by atoms with E-state index in [0.29, 0.717) is 19.1 Å². The van der Waals surface area contributed by atoms with E-state index in [1.165, 1.54) is 5.56 Å². The van der Waals surface area contributed by atoms with Gasteiger partial charge in [0.1, 0.15) is 11.5 Å². The average molecular weight is 415 g/mol. The highest BCUT2D eigenvalue weighted by Gasteiger charge is 2.18. The fourth-order valence-electron chi connectivity index (χ4n) is 3.81. The zero-order valence-electron chi connectivity index (χ0n) is 18.7. The van der Waals surface area contributed by atoms with Gasteiger partial charge in [0.05, 0.1) is 18.9 Å². The van der Waals surface area contributed by atoms with Crippen LogP contribution in [0, 0.1) is 26.7 Å². The standard InChI is InChI=1S/C23H34N4O3/c1-15-6-7-20(21(10-15)29-14-19-8-9-28-13-19)12-26-23(24-5)25-11-16(2)22-17(3)27-30-18(22)4/h6-7,10,16,19H,8-9,11-14H2,1-5H3,(H2,24,25,26). The molecule has 7 nitrogen and oxygen atoms in total. The molecule has 2 heterocycles. The maximum absolute atomic E-state index is 6.14. The second-order valence-electron chi connectivity index (χ2n) is 8.10. The maximum atomic E-state index is 6.14. The lowest BCUT2D eigenvalue weighted by Gasteiger charge is -2.18. The number of rotatable bonds is 8. The fraction of sp³-hybridized carbons (Fsp3) is 0.565. The second kappa shape index (κ2) is 10.5. The van der Waals surface area contributed by atoms with E-state index in [4.69, 9.17) is 14.0 Å². The highest BCUT2D eigenvalue weighted by atomic mass is 16.5. The number of hydrogen-bond acceptors (Lipinski definition) is 5. The lowest BCUT2D eigenvalue weighted by molar-refractivity contribution is 0.166. The van der Waals surface area contributed by atoms with Crippen LogP contribution in [0.25, 0.3) is 0 Å². The Kier molecular flexibility index (Phi) is 7.74. The Morgan fingerprint density at radius 3 is 2.80 bits per heavy atom. The highest BCUT2D eigenvalue weighted by molar-refractivity contribution is 5.79. The molecule has 0 saturated carbocycles. The van der Waals surface area contributed by atoms with Crippen LogP contribution in [0.5, 0.6) is 5.75 Å². The minimum atomic E-state index is 0.265. The molecule has 3 rings (SSSR count). The van der Waals surface area contributed by atoms with Crippen LogP contribution < -0.4 is 15.4 Å². The summed E-state index contributed by atoms with van der Waals surface area (Å²) in [6.45, 7) is 11.9. The molecule has 2 N–H and O–H groups in total. The number of aromatic nitrogens is 1. The van der Waals surface area contributed by atoms with Crippen LogP contribution in [0.3, 0.4) is 0 Å². The van der Waals surface area contributed by atoms with Crippen LogP contribution in [0.4, 0.5) is 0 Å². The van der Waals surface area contributed by atoms with Crippen molar-refractivity contribution in [2.45, 2.75) is 46.6 Å². The van der Waals surface area contributed by atoms with Gasteiger partial charge in [-0.2, -0.15) is 0 Å². The molecule has 1 fully saturated rings. The molecule has 2 aromatic rings. The highest BCUT2D eigenvalue weighted by Crippen LogP contribution is 2.23. The van der Waals surface area contributed by atoms with Gasteiger partial charge in [0, 0.05) is 49.7 Å². The van der Waals surface area contributed by atoms with Crippen LogP contribution in [0.15, 0.2) is 27.7 Å². The van der Waals surface area contributed by atoms with Crippen molar-refractivity contribution in [3.63, 3.8) is 0 Å². The van der Waals surface area contributed by atoms with E-state index < -0.39 is 0 Å². The summed E-state index contributed by atoms with van der Waals surface area (Å²) in [6, 6.07) is 6.32. The Morgan fingerprint density at radius 1 is 1.30 bits per heavy atom. The maximum Gasteiger partial charge on any atom is 0.191 e. The van der Waals surface area contributed by atoms with Crippen molar-refractivity contribution >= 4 is 5.96 Å². The first-order valence-corrected chi connectivity index (χ1v) is 10.6. The number of guanidine groups is 1. The molecule has 2 atom stereocenters. The minimum absolute atomic E-state index is 0.265. The van der Waals surface area contributed by atoms with Crippen molar-refractivity contribution in [3.05, 3.63) is 46.3 Å². The Morgan fingerprint density at radius 2 is 2.13 bits per heavy atom. The van der Waals surface area contributed by atoms with Crippen molar-refractivity contribution < 1.29 is 14.0 Å². The Balaban J connectivity index is 1.55. The average Bonchev–Trinajstić information content (AvgIpc) is 3.37. The Labute approximate surface area is 179 Å². The fourth-order valence-corrected chi connectivity index (χ4v) is 3.81. The summed E-state index contributed by atoms with van der Waals surface area (Å²) >= 11 is 0. The van der Waals surface area contributed by atoms with E-state index in [9.17, 15) is 0 Å². The van der Waals surface area contributed by atoms with Crippen LogP contribution >= 0.6 is 0 Å². The van der Waals surface area contributed by atoms with Crippen LogP contribution in [0.1, 0.15) is 47.4 Å². The summed E-state index contributed by atoms with van der Waals surface area (Å²) in [6.07, 6.45) is 1.07. The predicted octanol–water partition coefficient (Wildman–Crippen LogP) is 3.48. The molecular weight excluding hydrogens is 380 g/mol. The summed E-state index contributed by atoms with van der Waals surface area (Å²) in [5, 5.41) is 10.9. The van der Waals surface area contributed by atoms with Crippen LogP contribution in [-0.2, 0) is 11.3 Å². The zero-order chi connectivity index (χ0) is 21.5. The Hall–Kier alpha value is -2.54. The summed E-state index contributed by atoms with van der Waals surface area (Å²) < 4.78 is 16.9. The molecule has 164 valence electrons. The van der Waals surface area contributed by atoms with Crippen molar-refractivity contribution in [1.29, 1.82) is 0 Å². The number of benzene rings is 1. The first-order valence-electron chi connectivity index (χ1n) is 10.6. The third kappa shape index (κ3) is 5.75. The van der Waals surface area contributed by atoms with Gasteiger partial charge in [-0.1, -0.05) is 24.2 Å². The molecule has 0 amide bonds. The SMILES string of the molecule is CN=C(NCc1ccc(C)cc1OCC1CCOC1)NCC(C)c1c(C)noc1C. The van der Waals surface area contributed by atoms with Crippen molar-refractivity contribution in [2.24, 2.45) is 10.9 Å². The number of aliphatic imine (C=N–C) groups is 1.